The van der Waals surface area contributed by atoms with Crippen LogP contribution in [0.1, 0.15) is 33.3 Å². The van der Waals surface area contributed by atoms with Gasteiger partial charge < -0.3 is 28.4 Å². The average Bonchev–Trinajstić information content (AvgIpc) is 3.03. The lowest BCUT2D eigenvalue weighted by Crippen LogP contribution is -2.56. The Balaban J connectivity index is 1.44. The molecule has 4 rings (SSSR count). The van der Waals surface area contributed by atoms with Crippen molar-refractivity contribution >= 4 is 0 Å². The quantitative estimate of drug-likeness (QED) is 0.832. The summed E-state index contributed by atoms with van der Waals surface area (Å²) in [6.45, 7) is 8.51. The van der Waals surface area contributed by atoms with Crippen LogP contribution in [0.5, 0.6) is 0 Å². The predicted molar refractivity (Wildman–Crippen MR) is 88.6 cm³/mol. The summed E-state index contributed by atoms with van der Waals surface area (Å²) in [7, 11) is 0. The molecule has 25 heavy (non-hydrogen) atoms. The summed E-state index contributed by atoms with van der Waals surface area (Å²) in [4.78, 5) is 0. The van der Waals surface area contributed by atoms with Gasteiger partial charge in [-0.05, 0) is 33.3 Å². The molecule has 0 N–H and O–H groups in total. The lowest BCUT2D eigenvalue weighted by molar-refractivity contribution is -0.243. The lowest BCUT2D eigenvalue weighted by Gasteiger charge is -2.37. The fraction of sp³-hybridized carbons (Fsp3) is 0.684. The molecule has 3 fully saturated rings. The summed E-state index contributed by atoms with van der Waals surface area (Å²) in [5.74, 6) is -1.38. The Morgan fingerprint density at radius 2 is 1.48 bits per heavy atom. The van der Waals surface area contributed by atoms with E-state index in [4.69, 9.17) is 28.4 Å². The summed E-state index contributed by atoms with van der Waals surface area (Å²) < 4.78 is 36.0. The van der Waals surface area contributed by atoms with Gasteiger partial charge in [0.1, 0.15) is 24.4 Å². The largest absolute Gasteiger partial charge is 0.374 e. The first-order chi connectivity index (χ1) is 11.8. The first-order valence-corrected chi connectivity index (χ1v) is 8.81. The summed E-state index contributed by atoms with van der Waals surface area (Å²) in [6.07, 6.45) is -1.52. The second kappa shape index (κ2) is 6.30. The van der Waals surface area contributed by atoms with E-state index in [2.05, 4.69) is 0 Å². The molecule has 0 saturated carbocycles. The molecule has 1 unspecified atom stereocenters. The highest BCUT2D eigenvalue weighted by Crippen LogP contribution is 2.44. The van der Waals surface area contributed by atoms with E-state index in [0.717, 1.165) is 5.56 Å². The van der Waals surface area contributed by atoms with Crippen molar-refractivity contribution in [1.29, 1.82) is 0 Å². The maximum absolute atomic E-state index is 6.11. The molecule has 1 aromatic carbocycles. The van der Waals surface area contributed by atoms with Crippen LogP contribution in [0.3, 0.4) is 0 Å². The Hall–Kier alpha value is -1.02. The minimum absolute atomic E-state index is 0.235. The van der Waals surface area contributed by atoms with Gasteiger partial charge in [0, 0.05) is 0 Å². The molecule has 138 valence electrons. The number of rotatable bonds is 4. The van der Waals surface area contributed by atoms with E-state index in [1.807, 2.05) is 58.0 Å². The number of fused-ring (bicyclic) bond motifs is 3. The monoisotopic (exact) mass is 350 g/mol. The highest BCUT2D eigenvalue weighted by atomic mass is 16.9. The Morgan fingerprint density at radius 3 is 2.24 bits per heavy atom. The molecular formula is C19H26O6. The molecule has 3 aliphatic rings. The second-order valence-corrected chi connectivity index (χ2v) is 7.71. The maximum atomic E-state index is 6.11. The van der Waals surface area contributed by atoms with E-state index < -0.39 is 17.9 Å². The fourth-order valence-corrected chi connectivity index (χ4v) is 3.69. The van der Waals surface area contributed by atoms with Crippen LogP contribution in [-0.2, 0) is 35.0 Å². The normalized spacial score (nSPS) is 38.3. The van der Waals surface area contributed by atoms with Crippen LogP contribution in [0, 0.1) is 0 Å². The van der Waals surface area contributed by atoms with Gasteiger partial charge in [0.25, 0.3) is 0 Å². The molecule has 0 bridgehead atoms. The first kappa shape index (κ1) is 17.4. The standard InChI is InChI=1S/C19H26O6/c1-18(2)22-14-13(11-20-10-12-8-6-5-7-9-12)21-17-16(15(14)23-18)24-19(3,4)25-17/h5-9,13-17H,10-11H2,1-4H3/t13-,14+,15+,16-,17?/m1/s1. The predicted octanol–water partition coefficient (Wildman–Crippen LogP) is 2.60. The molecular weight excluding hydrogens is 324 g/mol. The molecule has 0 aromatic heterocycles. The SMILES string of the molecule is CC1(C)O[C@@H]2[C@H](O1)[C@H]1OC(C)(C)OC1O[C@@H]2COCc1ccccc1. The Bertz CT molecular complexity index is 601. The van der Waals surface area contributed by atoms with Crippen molar-refractivity contribution in [2.75, 3.05) is 6.61 Å². The van der Waals surface area contributed by atoms with E-state index in [-0.39, 0.29) is 24.4 Å². The maximum Gasteiger partial charge on any atom is 0.190 e. The lowest BCUT2D eigenvalue weighted by atomic mass is 9.99. The van der Waals surface area contributed by atoms with Crippen LogP contribution < -0.4 is 0 Å². The highest BCUT2D eigenvalue weighted by molar-refractivity contribution is 5.13. The van der Waals surface area contributed by atoms with Crippen LogP contribution in [0.4, 0.5) is 0 Å². The molecule has 1 aromatic rings. The van der Waals surface area contributed by atoms with Gasteiger partial charge in [0.15, 0.2) is 17.9 Å². The minimum atomic E-state index is -0.699. The van der Waals surface area contributed by atoms with Gasteiger partial charge >= 0.3 is 0 Å². The fourth-order valence-electron chi connectivity index (χ4n) is 3.69. The van der Waals surface area contributed by atoms with Gasteiger partial charge in [-0.25, -0.2) is 0 Å². The topological polar surface area (TPSA) is 55.4 Å². The van der Waals surface area contributed by atoms with Crippen molar-refractivity contribution in [2.45, 2.75) is 76.6 Å². The van der Waals surface area contributed by atoms with Gasteiger partial charge in [-0.3, -0.25) is 0 Å². The van der Waals surface area contributed by atoms with Crippen molar-refractivity contribution in [3.05, 3.63) is 35.9 Å². The molecule has 0 radical (unpaired) electrons. The number of benzene rings is 1. The van der Waals surface area contributed by atoms with E-state index in [0.29, 0.717) is 13.2 Å². The van der Waals surface area contributed by atoms with Crippen LogP contribution in [0.15, 0.2) is 30.3 Å². The summed E-state index contributed by atoms with van der Waals surface area (Å²) in [5, 5.41) is 0. The Morgan fingerprint density at radius 1 is 0.840 bits per heavy atom. The van der Waals surface area contributed by atoms with Crippen molar-refractivity contribution in [3.63, 3.8) is 0 Å². The number of ether oxygens (including phenoxy) is 6. The number of hydrogen-bond donors (Lipinski definition) is 0. The van der Waals surface area contributed by atoms with Crippen molar-refractivity contribution in [2.24, 2.45) is 0 Å². The second-order valence-electron chi connectivity index (χ2n) is 7.71. The molecule has 0 amide bonds. The molecule has 3 saturated heterocycles. The molecule has 3 heterocycles. The van der Waals surface area contributed by atoms with Gasteiger partial charge in [-0.2, -0.15) is 0 Å². The van der Waals surface area contributed by atoms with Crippen molar-refractivity contribution in [1.82, 2.24) is 0 Å². The van der Waals surface area contributed by atoms with E-state index in [1.54, 1.807) is 0 Å². The van der Waals surface area contributed by atoms with E-state index in [1.165, 1.54) is 0 Å². The number of hydrogen-bond acceptors (Lipinski definition) is 6. The molecule has 0 aliphatic carbocycles. The Labute approximate surface area is 148 Å². The van der Waals surface area contributed by atoms with Gasteiger partial charge in [0.05, 0.1) is 13.2 Å². The van der Waals surface area contributed by atoms with Crippen molar-refractivity contribution < 1.29 is 28.4 Å². The molecule has 6 heteroatoms. The van der Waals surface area contributed by atoms with Gasteiger partial charge in [0.2, 0.25) is 0 Å². The van der Waals surface area contributed by atoms with E-state index in [9.17, 15) is 0 Å². The van der Waals surface area contributed by atoms with Gasteiger partial charge in [-0.1, -0.05) is 30.3 Å². The van der Waals surface area contributed by atoms with Crippen LogP contribution >= 0.6 is 0 Å². The smallest absolute Gasteiger partial charge is 0.190 e. The third-order valence-electron chi connectivity index (χ3n) is 4.64. The van der Waals surface area contributed by atoms with E-state index >= 15 is 0 Å². The van der Waals surface area contributed by atoms with Crippen LogP contribution in [-0.4, -0.2) is 48.9 Å². The molecule has 3 aliphatic heterocycles. The highest BCUT2D eigenvalue weighted by Gasteiger charge is 2.60. The Kier molecular flexibility index (Phi) is 4.38. The third-order valence-corrected chi connectivity index (χ3v) is 4.64. The zero-order chi connectivity index (χ0) is 17.7. The first-order valence-electron chi connectivity index (χ1n) is 8.81. The third kappa shape index (κ3) is 3.60. The van der Waals surface area contributed by atoms with Gasteiger partial charge in [-0.15, -0.1) is 0 Å². The zero-order valence-electron chi connectivity index (χ0n) is 15.1. The average molecular weight is 350 g/mol. The molecule has 0 spiro atoms. The van der Waals surface area contributed by atoms with Crippen LogP contribution in [0.2, 0.25) is 0 Å². The molecule has 5 atom stereocenters. The van der Waals surface area contributed by atoms with Crippen LogP contribution in [0.25, 0.3) is 0 Å². The zero-order valence-corrected chi connectivity index (χ0v) is 15.1. The summed E-state index contributed by atoms with van der Waals surface area (Å²) >= 11 is 0. The van der Waals surface area contributed by atoms with Crippen molar-refractivity contribution in [3.8, 4) is 0 Å². The summed E-state index contributed by atoms with van der Waals surface area (Å²) in [5.41, 5.74) is 1.12. The minimum Gasteiger partial charge on any atom is -0.374 e. The summed E-state index contributed by atoms with van der Waals surface area (Å²) in [6, 6.07) is 10.1. The molecule has 6 nitrogen and oxygen atoms in total.